The number of carbonyl (C=O) groups is 1. The first-order chi connectivity index (χ1) is 8.70. The van der Waals surface area contributed by atoms with E-state index in [-0.39, 0.29) is 12.5 Å². The van der Waals surface area contributed by atoms with Gasteiger partial charge < -0.3 is 10.1 Å². The van der Waals surface area contributed by atoms with E-state index in [0.717, 1.165) is 16.9 Å². The number of nitrogens with zero attached hydrogens (tertiary/aromatic N) is 4. The van der Waals surface area contributed by atoms with E-state index < -0.39 is 0 Å². The van der Waals surface area contributed by atoms with E-state index in [9.17, 15) is 4.79 Å². The summed E-state index contributed by atoms with van der Waals surface area (Å²) in [7, 11) is 1.35. The summed E-state index contributed by atoms with van der Waals surface area (Å²) in [5.41, 5.74) is 2.69. The lowest BCUT2D eigenvalue weighted by atomic mass is 10.2. The van der Waals surface area contributed by atoms with Crippen LogP contribution in [0.5, 0.6) is 0 Å². The maximum absolute atomic E-state index is 11.0. The number of methoxy groups -OCH3 is 1. The van der Waals surface area contributed by atoms with Crippen molar-refractivity contribution in [2.45, 2.75) is 6.92 Å². The Kier molecular flexibility index (Phi) is 3.52. The van der Waals surface area contributed by atoms with Crippen molar-refractivity contribution < 1.29 is 9.53 Å². The molecule has 1 aromatic carbocycles. The second-order valence-electron chi connectivity index (χ2n) is 3.69. The van der Waals surface area contributed by atoms with Crippen LogP contribution in [0.25, 0.3) is 5.69 Å². The van der Waals surface area contributed by atoms with Crippen LogP contribution in [0, 0.1) is 6.92 Å². The molecule has 2 aromatic rings. The molecule has 7 nitrogen and oxygen atoms in total. The number of anilines is 1. The van der Waals surface area contributed by atoms with Gasteiger partial charge >= 0.3 is 5.97 Å². The number of hydrogen-bond acceptors (Lipinski definition) is 6. The van der Waals surface area contributed by atoms with Gasteiger partial charge in [0, 0.05) is 5.69 Å². The third kappa shape index (κ3) is 2.62. The molecule has 0 aliphatic carbocycles. The number of carbonyl (C=O) groups excluding carboxylic acids is 1. The van der Waals surface area contributed by atoms with Gasteiger partial charge in [-0.1, -0.05) is 6.07 Å². The van der Waals surface area contributed by atoms with E-state index in [1.807, 2.05) is 25.1 Å². The van der Waals surface area contributed by atoms with Gasteiger partial charge in [0.15, 0.2) is 0 Å². The molecule has 2 rings (SSSR count). The van der Waals surface area contributed by atoms with Crippen LogP contribution in [0.15, 0.2) is 24.5 Å². The minimum atomic E-state index is -0.320. The van der Waals surface area contributed by atoms with E-state index in [1.54, 1.807) is 4.68 Å². The molecule has 0 atom stereocenters. The molecule has 7 heteroatoms. The van der Waals surface area contributed by atoms with Gasteiger partial charge in [-0.3, -0.25) is 4.79 Å². The standard InChI is InChI=1S/C11H13N5O2/c1-8-3-4-9(12-6-11(17)18-2)5-10(8)16-7-13-14-15-16/h3-5,7,12H,6H2,1-2H3. The van der Waals surface area contributed by atoms with Crippen LogP contribution in [0.2, 0.25) is 0 Å². The van der Waals surface area contributed by atoms with Crippen molar-refractivity contribution in [1.29, 1.82) is 0 Å². The van der Waals surface area contributed by atoms with Crippen LogP contribution in [-0.4, -0.2) is 39.8 Å². The summed E-state index contributed by atoms with van der Waals surface area (Å²) in [6.07, 6.45) is 1.52. The monoisotopic (exact) mass is 247 g/mol. The first-order valence-electron chi connectivity index (χ1n) is 5.35. The Balaban J connectivity index is 2.19. The summed E-state index contributed by atoms with van der Waals surface area (Å²) in [4.78, 5) is 11.0. The Morgan fingerprint density at radius 3 is 3.00 bits per heavy atom. The van der Waals surface area contributed by atoms with E-state index in [4.69, 9.17) is 0 Å². The lowest BCUT2D eigenvalue weighted by Gasteiger charge is -2.09. The Morgan fingerprint density at radius 1 is 1.50 bits per heavy atom. The highest BCUT2D eigenvalue weighted by Gasteiger charge is 2.05. The Hall–Kier alpha value is -2.44. The zero-order valence-corrected chi connectivity index (χ0v) is 10.1. The highest BCUT2D eigenvalue weighted by atomic mass is 16.5. The largest absolute Gasteiger partial charge is 0.468 e. The Morgan fingerprint density at radius 2 is 2.33 bits per heavy atom. The molecule has 0 amide bonds. The van der Waals surface area contributed by atoms with Crippen molar-refractivity contribution in [2.75, 3.05) is 19.0 Å². The van der Waals surface area contributed by atoms with Crippen molar-refractivity contribution in [3.8, 4) is 5.69 Å². The average molecular weight is 247 g/mol. The van der Waals surface area contributed by atoms with Crippen LogP contribution < -0.4 is 5.32 Å². The van der Waals surface area contributed by atoms with Crippen LogP contribution >= 0.6 is 0 Å². The predicted molar refractivity (Wildman–Crippen MR) is 64.4 cm³/mol. The van der Waals surface area contributed by atoms with Gasteiger partial charge in [-0.25, -0.2) is 4.68 Å². The van der Waals surface area contributed by atoms with Gasteiger partial charge in [0.05, 0.1) is 12.8 Å². The van der Waals surface area contributed by atoms with Gasteiger partial charge in [-0.15, -0.1) is 5.10 Å². The summed E-state index contributed by atoms with van der Waals surface area (Å²) in [6.45, 7) is 2.08. The van der Waals surface area contributed by atoms with Crippen molar-refractivity contribution >= 4 is 11.7 Å². The molecule has 0 spiro atoms. The van der Waals surface area contributed by atoms with Gasteiger partial charge in [0.2, 0.25) is 0 Å². The molecular formula is C11H13N5O2. The summed E-state index contributed by atoms with van der Waals surface area (Å²) in [5, 5.41) is 14.0. The van der Waals surface area contributed by atoms with E-state index in [1.165, 1.54) is 13.4 Å². The number of aryl methyl sites for hydroxylation is 1. The van der Waals surface area contributed by atoms with Crippen LogP contribution in [0.3, 0.4) is 0 Å². The van der Waals surface area contributed by atoms with E-state index in [0.29, 0.717) is 0 Å². The van der Waals surface area contributed by atoms with Crippen LogP contribution in [-0.2, 0) is 9.53 Å². The predicted octanol–water partition coefficient (Wildman–Crippen LogP) is 0.556. The normalized spacial score (nSPS) is 10.1. The highest BCUT2D eigenvalue weighted by molar-refractivity contribution is 5.75. The molecule has 0 unspecified atom stereocenters. The van der Waals surface area contributed by atoms with Gasteiger partial charge in [-0.05, 0) is 35.0 Å². The Bertz CT molecular complexity index is 538. The van der Waals surface area contributed by atoms with E-state index in [2.05, 4.69) is 25.6 Å². The zero-order valence-electron chi connectivity index (χ0n) is 10.1. The second kappa shape index (κ2) is 5.26. The average Bonchev–Trinajstić information content (AvgIpc) is 2.91. The summed E-state index contributed by atoms with van der Waals surface area (Å²) < 4.78 is 6.13. The number of benzene rings is 1. The molecule has 0 saturated heterocycles. The molecule has 0 saturated carbocycles. The number of hydrogen-bond donors (Lipinski definition) is 1. The first kappa shape index (κ1) is 12.0. The van der Waals surface area contributed by atoms with Crippen molar-refractivity contribution in [2.24, 2.45) is 0 Å². The summed E-state index contributed by atoms with van der Waals surface area (Å²) >= 11 is 0. The number of esters is 1. The molecule has 0 aliphatic heterocycles. The summed E-state index contributed by atoms with van der Waals surface area (Å²) in [6, 6.07) is 5.68. The number of nitrogens with one attached hydrogen (secondary N) is 1. The maximum atomic E-state index is 11.0. The number of aromatic nitrogens is 4. The van der Waals surface area contributed by atoms with Gasteiger partial charge in [0.1, 0.15) is 12.9 Å². The molecular weight excluding hydrogens is 234 g/mol. The molecule has 94 valence electrons. The fourth-order valence-electron chi connectivity index (χ4n) is 1.48. The zero-order chi connectivity index (χ0) is 13.0. The molecule has 0 bridgehead atoms. The van der Waals surface area contributed by atoms with E-state index >= 15 is 0 Å². The SMILES string of the molecule is COC(=O)CNc1ccc(C)c(-n2cnnn2)c1. The quantitative estimate of drug-likeness (QED) is 0.795. The second-order valence-corrected chi connectivity index (χ2v) is 3.69. The van der Waals surface area contributed by atoms with Crippen molar-refractivity contribution in [3.63, 3.8) is 0 Å². The third-order valence-corrected chi connectivity index (χ3v) is 2.47. The minimum Gasteiger partial charge on any atom is -0.468 e. The lowest BCUT2D eigenvalue weighted by Crippen LogP contribution is -2.15. The molecule has 1 N–H and O–H groups in total. The van der Waals surface area contributed by atoms with Crippen LogP contribution in [0.1, 0.15) is 5.56 Å². The smallest absolute Gasteiger partial charge is 0.325 e. The number of ether oxygens (including phenoxy) is 1. The number of tetrazole rings is 1. The topological polar surface area (TPSA) is 81.9 Å². The molecule has 18 heavy (non-hydrogen) atoms. The molecule has 1 aromatic heterocycles. The summed E-state index contributed by atoms with van der Waals surface area (Å²) in [5.74, 6) is -0.320. The molecule has 0 aliphatic rings. The third-order valence-electron chi connectivity index (χ3n) is 2.47. The fourth-order valence-corrected chi connectivity index (χ4v) is 1.48. The fraction of sp³-hybridized carbons (Fsp3) is 0.273. The highest BCUT2D eigenvalue weighted by Crippen LogP contribution is 2.17. The van der Waals surface area contributed by atoms with Gasteiger partial charge in [-0.2, -0.15) is 0 Å². The van der Waals surface area contributed by atoms with Crippen molar-refractivity contribution in [1.82, 2.24) is 20.2 Å². The first-order valence-corrected chi connectivity index (χ1v) is 5.35. The minimum absolute atomic E-state index is 0.120. The molecule has 0 fully saturated rings. The maximum Gasteiger partial charge on any atom is 0.325 e. The molecule has 0 radical (unpaired) electrons. The van der Waals surface area contributed by atoms with Crippen molar-refractivity contribution in [3.05, 3.63) is 30.1 Å². The Labute approximate surface area is 104 Å². The van der Waals surface area contributed by atoms with Gasteiger partial charge in [0.25, 0.3) is 0 Å². The molecule has 1 heterocycles. The number of rotatable bonds is 4. The van der Waals surface area contributed by atoms with Crippen LogP contribution in [0.4, 0.5) is 5.69 Å². The lowest BCUT2D eigenvalue weighted by molar-refractivity contribution is -0.138.